The lowest BCUT2D eigenvalue weighted by molar-refractivity contribution is -0.150. The molecule has 6 heteroatoms. The summed E-state index contributed by atoms with van der Waals surface area (Å²) in [4.78, 5) is 24.5. The van der Waals surface area contributed by atoms with E-state index in [1.54, 1.807) is 6.07 Å². The van der Waals surface area contributed by atoms with Gasteiger partial charge in [-0.25, -0.2) is 4.79 Å². The molecule has 0 bridgehead atoms. The van der Waals surface area contributed by atoms with E-state index < -0.39 is 18.2 Å². The summed E-state index contributed by atoms with van der Waals surface area (Å²) in [6.07, 6.45) is 5.40. The Kier molecular flexibility index (Phi) is 8.06. The first-order valence-electron chi connectivity index (χ1n) is 9.52. The smallest absolute Gasteiger partial charge is 0.342 e. The van der Waals surface area contributed by atoms with Crippen LogP contribution in [0.4, 0.5) is 0 Å². The number of esters is 2. The normalized spacial score (nSPS) is 23.8. The Morgan fingerprint density at radius 1 is 1.36 bits per heavy atom. The van der Waals surface area contributed by atoms with Gasteiger partial charge in [0, 0.05) is 19.8 Å². The Morgan fingerprint density at radius 2 is 2.14 bits per heavy atom. The predicted molar refractivity (Wildman–Crippen MR) is 104 cm³/mol. The van der Waals surface area contributed by atoms with Crippen molar-refractivity contribution in [1.29, 1.82) is 5.26 Å². The van der Waals surface area contributed by atoms with Gasteiger partial charge in [-0.05, 0) is 36.8 Å². The highest BCUT2D eigenvalue weighted by molar-refractivity contribution is 5.94. The molecule has 1 aromatic rings. The molecule has 2 rings (SSSR count). The summed E-state index contributed by atoms with van der Waals surface area (Å²) >= 11 is 0. The van der Waals surface area contributed by atoms with Gasteiger partial charge in [0.05, 0.1) is 13.2 Å². The summed E-state index contributed by atoms with van der Waals surface area (Å²) in [5.74, 6) is -0.339. The zero-order valence-corrected chi connectivity index (χ0v) is 16.6. The van der Waals surface area contributed by atoms with Crippen LogP contribution in [0.5, 0.6) is 5.75 Å². The van der Waals surface area contributed by atoms with Crippen molar-refractivity contribution in [2.45, 2.75) is 58.2 Å². The van der Waals surface area contributed by atoms with E-state index in [2.05, 4.69) is 6.07 Å². The summed E-state index contributed by atoms with van der Waals surface area (Å²) in [5, 5.41) is 8.97. The van der Waals surface area contributed by atoms with E-state index in [0.717, 1.165) is 12.0 Å². The molecule has 1 aliphatic rings. The Labute approximate surface area is 166 Å². The minimum atomic E-state index is -0.528. The number of ether oxygens (including phenoxy) is 3. The first-order chi connectivity index (χ1) is 13.5. The summed E-state index contributed by atoms with van der Waals surface area (Å²) in [6, 6.07) is 7.54. The number of carbonyl (C=O) groups is 2. The molecule has 0 N–H and O–H groups in total. The van der Waals surface area contributed by atoms with Gasteiger partial charge in [-0.15, -0.1) is 0 Å². The highest BCUT2D eigenvalue weighted by Crippen LogP contribution is 2.28. The molecule has 150 valence electrons. The van der Waals surface area contributed by atoms with Gasteiger partial charge in [-0.1, -0.05) is 31.2 Å². The van der Waals surface area contributed by atoms with Crippen LogP contribution in [0.25, 0.3) is 0 Å². The molecule has 3 atom stereocenters. The summed E-state index contributed by atoms with van der Waals surface area (Å²) < 4.78 is 16.6. The van der Waals surface area contributed by atoms with Gasteiger partial charge >= 0.3 is 11.9 Å². The molecule has 0 amide bonds. The maximum Gasteiger partial charge on any atom is 0.342 e. The molecule has 6 nitrogen and oxygen atoms in total. The van der Waals surface area contributed by atoms with Crippen molar-refractivity contribution < 1.29 is 23.8 Å². The average molecular weight is 385 g/mol. The van der Waals surface area contributed by atoms with Gasteiger partial charge in [0.25, 0.3) is 0 Å². The van der Waals surface area contributed by atoms with Crippen molar-refractivity contribution >= 4 is 11.9 Å². The Bertz CT molecular complexity index is 765. The van der Waals surface area contributed by atoms with Gasteiger partial charge in [0.2, 0.25) is 0 Å². The van der Waals surface area contributed by atoms with Crippen LogP contribution >= 0.6 is 0 Å². The second kappa shape index (κ2) is 10.5. The molecule has 0 saturated heterocycles. The standard InChI is InChI=1S/C22H27NO5/c1-15-8-4-5-9-17-10-6-12-19(26-3)21(17)22(25)28-18(11-7-13-23)14-20(15)27-16(2)24/h4-6,10,12,15,18,20H,7-9,11,14H2,1-3H3/b5-4+/t15-,18-,20+/m0/s1. The van der Waals surface area contributed by atoms with Crippen molar-refractivity contribution in [2.24, 2.45) is 5.92 Å². The number of cyclic esters (lactones) is 1. The number of rotatable bonds is 4. The monoisotopic (exact) mass is 385 g/mol. The van der Waals surface area contributed by atoms with E-state index in [0.29, 0.717) is 30.6 Å². The lowest BCUT2D eigenvalue weighted by Crippen LogP contribution is -2.31. The average Bonchev–Trinajstić information content (AvgIpc) is 2.66. The summed E-state index contributed by atoms with van der Waals surface area (Å²) in [5.41, 5.74) is 1.22. The molecule has 0 unspecified atom stereocenters. The lowest BCUT2D eigenvalue weighted by Gasteiger charge is -2.28. The highest BCUT2D eigenvalue weighted by Gasteiger charge is 2.28. The largest absolute Gasteiger partial charge is 0.496 e. The van der Waals surface area contributed by atoms with Crippen LogP contribution in [0, 0.1) is 17.2 Å². The number of nitrogens with zero attached hydrogens (tertiary/aromatic N) is 1. The second-order valence-electron chi connectivity index (χ2n) is 6.99. The van der Waals surface area contributed by atoms with Crippen molar-refractivity contribution in [1.82, 2.24) is 0 Å². The minimum Gasteiger partial charge on any atom is -0.496 e. The molecule has 0 aromatic heterocycles. The topological polar surface area (TPSA) is 85.6 Å². The van der Waals surface area contributed by atoms with Crippen molar-refractivity contribution in [2.75, 3.05) is 7.11 Å². The fourth-order valence-electron chi connectivity index (χ4n) is 3.35. The van der Waals surface area contributed by atoms with Gasteiger partial charge < -0.3 is 14.2 Å². The molecule has 0 saturated carbocycles. The molecular weight excluding hydrogens is 358 g/mol. The van der Waals surface area contributed by atoms with Crippen molar-refractivity contribution in [3.63, 3.8) is 0 Å². The van der Waals surface area contributed by atoms with Crippen LogP contribution in [-0.2, 0) is 20.7 Å². The maximum atomic E-state index is 13.0. The second-order valence-corrected chi connectivity index (χ2v) is 6.99. The number of fused-ring (bicyclic) bond motifs is 1. The van der Waals surface area contributed by atoms with E-state index >= 15 is 0 Å². The van der Waals surface area contributed by atoms with E-state index in [1.807, 2.05) is 31.2 Å². The third kappa shape index (κ3) is 5.85. The number of carbonyl (C=O) groups excluding carboxylic acids is 2. The lowest BCUT2D eigenvalue weighted by atomic mass is 9.93. The molecular formula is C22H27NO5. The van der Waals surface area contributed by atoms with Gasteiger partial charge in [0.15, 0.2) is 0 Å². The predicted octanol–water partition coefficient (Wildman–Crippen LogP) is 3.98. The van der Waals surface area contributed by atoms with E-state index in [9.17, 15) is 9.59 Å². The quantitative estimate of drug-likeness (QED) is 0.575. The Morgan fingerprint density at radius 3 is 2.82 bits per heavy atom. The van der Waals surface area contributed by atoms with Crippen LogP contribution in [-0.4, -0.2) is 31.3 Å². The number of hydrogen-bond acceptors (Lipinski definition) is 6. The first-order valence-corrected chi connectivity index (χ1v) is 9.52. The number of hydrogen-bond donors (Lipinski definition) is 0. The molecule has 28 heavy (non-hydrogen) atoms. The molecule has 1 heterocycles. The Balaban J connectivity index is 2.40. The van der Waals surface area contributed by atoms with E-state index in [-0.39, 0.29) is 18.3 Å². The number of allylic oxidation sites excluding steroid dienone is 2. The third-order valence-electron chi connectivity index (χ3n) is 4.85. The molecule has 0 radical (unpaired) electrons. The van der Waals surface area contributed by atoms with Crippen molar-refractivity contribution in [3.8, 4) is 11.8 Å². The highest BCUT2D eigenvalue weighted by atomic mass is 16.6. The SMILES string of the molecule is COc1cccc2c1C(=O)O[C@@H](CCC#N)C[C@@H](OC(C)=O)[C@@H](C)C/C=C/C2. The zero-order valence-electron chi connectivity index (χ0n) is 16.6. The van der Waals surface area contributed by atoms with Crippen LogP contribution in [0.2, 0.25) is 0 Å². The van der Waals surface area contributed by atoms with Gasteiger partial charge in [-0.2, -0.15) is 5.26 Å². The summed E-state index contributed by atoms with van der Waals surface area (Å²) in [7, 11) is 1.51. The fraction of sp³-hybridized carbons (Fsp3) is 0.500. The zero-order chi connectivity index (χ0) is 20.5. The summed E-state index contributed by atoms with van der Waals surface area (Å²) in [6.45, 7) is 3.37. The third-order valence-corrected chi connectivity index (χ3v) is 4.85. The van der Waals surface area contributed by atoms with E-state index in [4.69, 9.17) is 19.5 Å². The van der Waals surface area contributed by atoms with Gasteiger partial charge in [0.1, 0.15) is 23.5 Å². The minimum absolute atomic E-state index is 0.0626. The van der Waals surface area contributed by atoms with Crippen LogP contribution in [0.1, 0.15) is 55.5 Å². The molecule has 0 aliphatic carbocycles. The van der Waals surface area contributed by atoms with Crippen LogP contribution < -0.4 is 4.74 Å². The van der Waals surface area contributed by atoms with Crippen LogP contribution in [0.3, 0.4) is 0 Å². The van der Waals surface area contributed by atoms with E-state index in [1.165, 1.54) is 14.0 Å². The molecule has 0 fully saturated rings. The van der Waals surface area contributed by atoms with Gasteiger partial charge in [-0.3, -0.25) is 4.79 Å². The number of methoxy groups -OCH3 is 1. The molecule has 0 spiro atoms. The number of benzene rings is 1. The molecule has 1 aliphatic heterocycles. The Hall–Kier alpha value is -2.81. The molecule has 1 aromatic carbocycles. The maximum absolute atomic E-state index is 13.0. The van der Waals surface area contributed by atoms with Crippen molar-refractivity contribution in [3.05, 3.63) is 41.5 Å². The number of nitriles is 1. The van der Waals surface area contributed by atoms with Crippen LogP contribution in [0.15, 0.2) is 30.4 Å². The fourth-order valence-corrected chi connectivity index (χ4v) is 3.35. The first kappa shape index (κ1) is 21.5.